The summed E-state index contributed by atoms with van der Waals surface area (Å²) in [7, 11) is -2.21. The molecule has 1 N–H and O–H groups in total. The number of benzene rings is 2. The second kappa shape index (κ2) is 9.41. The zero-order chi connectivity index (χ0) is 22.7. The van der Waals surface area contributed by atoms with E-state index in [1.165, 1.54) is 4.31 Å². The predicted molar refractivity (Wildman–Crippen MR) is 123 cm³/mol. The number of para-hydroxylation sites is 2. The van der Waals surface area contributed by atoms with Gasteiger partial charge in [0.1, 0.15) is 5.75 Å². The first-order valence-electron chi connectivity index (χ1n) is 9.67. The van der Waals surface area contributed by atoms with E-state index in [1.807, 2.05) is 24.3 Å². The molecular formula is C20H20ClN5O4S2. The summed E-state index contributed by atoms with van der Waals surface area (Å²) in [5.41, 5.74) is 1.30. The van der Waals surface area contributed by atoms with Crippen LogP contribution in [0.5, 0.6) is 5.75 Å². The highest BCUT2D eigenvalue weighted by atomic mass is 35.5. The van der Waals surface area contributed by atoms with Gasteiger partial charge in [0.05, 0.1) is 12.8 Å². The lowest BCUT2D eigenvalue weighted by Crippen LogP contribution is -2.48. The molecule has 2 aromatic carbocycles. The molecule has 2 heterocycles. The van der Waals surface area contributed by atoms with E-state index in [4.69, 9.17) is 16.3 Å². The van der Waals surface area contributed by atoms with Crippen LogP contribution in [0.15, 0.2) is 52.9 Å². The van der Waals surface area contributed by atoms with Crippen LogP contribution in [0.1, 0.15) is 10.4 Å². The van der Waals surface area contributed by atoms with Gasteiger partial charge in [-0.15, -0.1) is 10.2 Å². The molecular weight excluding hydrogens is 474 g/mol. The van der Waals surface area contributed by atoms with Crippen LogP contribution in [0.4, 0.5) is 10.8 Å². The molecule has 0 bridgehead atoms. The van der Waals surface area contributed by atoms with Gasteiger partial charge in [0, 0.05) is 36.8 Å². The number of rotatable bonds is 6. The van der Waals surface area contributed by atoms with Crippen LogP contribution in [-0.4, -0.2) is 62.1 Å². The van der Waals surface area contributed by atoms with Crippen LogP contribution in [0.25, 0.3) is 0 Å². The van der Waals surface area contributed by atoms with E-state index in [2.05, 4.69) is 20.4 Å². The van der Waals surface area contributed by atoms with Gasteiger partial charge in [0.25, 0.3) is 15.9 Å². The number of carbonyl (C=O) groups excluding carboxylic acids is 1. The number of sulfonamides is 1. The maximum atomic E-state index is 13.0. The van der Waals surface area contributed by atoms with Crippen LogP contribution in [0.3, 0.4) is 0 Å². The molecule has 0 aliphatic carbocycles. The number of anilines is 2. The van der Waals surface area contributed by atoms with E-state index < -0.39 is 15.9 Å². The average Bonchev–Trinajstić information content (AvgIpc) is 3.29. The minimum Gasteiger partial charge on any atom is -0.495 e. The molecule has 1 aliphatic rings. The van der Waals surface area contributed by atoms with Crippen LogP contribution >= 0.6 is 22.9 Å². The number of hydrogen-bond donors (Lipinski definition) is 1. The Morgan fingerprint density at radius 1 is 1.06 bits per heavy atom. The first-order chi connectivity index (χ1) is 15.4. The Kier molecular flexibility index (Phi) is 6.60. The Labute approximate surface area is 194 Å². The largest absolute Gasteiger partial charge is 0.495 e. The van der Waals surface area contributed by atoms with Gasteiger partial charge in [-0.3, -0.25) is 10.1 Å². The van der Waals surface area contributed by atoms with Gasteiger partial charge >= 0.3 is 0 Å². The number of hydrogen-bond acceptors (Lipinski definition) is 8. The number of carbonyl (C=O) groups is 1. The third-order valence-electron chi connectivity index (χ3n) is 4.96. The quantitative estimate of drug-likeness (QED) is 0.526. The van der Waals surface area contributed by atoms with Crippen molar-refractivity contribution in [3.63, 3.8) is 0 Å². The monoisotopic (exact) mass is 493 g/mol. The summed E-state index contributed by atoms with van der Waals surface area (Å²) in [4.78, 5) is 14.4. The molecule has 12 heteroatoms. The van der Waals surface area contributed by atoms with Gasteiger partial charge < -0.3 is 9.64 Å². The van der Waals surface area contributed by atoms with E-state index in [9.17, 15) is 13.2 Å². The maximum Gasteiger partial charge on any atom is 0.272 e. The third kappa shape index (κ3) is 4.70. The number of halogens is 1. The standard InChI is InChI=1S/C20H20ClN5O4S2/c1-30-17-5-3-2-4-16(17)25-10-12-26(13-11-25)32(28,29)20-24-23-19(31-20)22-18(27)14-6-8-15(21)9-7-14/h2-9H,10-13H2,1H3,(H,22,23,27). The molecule has 0 saturated carbocycles. The minimum absolute atomic E-state index is 0.108. The Balaban J connectivity index is 1.42. The molecule has 4 rings (SSSR count). The molecule has 1 aromatic heterocycles. The molecule has 0 unspecified atom stereocenters. The van der Waals surface area contributed by atoms with E-state index in [1.54, 1.807) is 31.4 Å². The lowest BCUT2D eigenvalue weighted by Gasteiger charge is -2.35. The summed E-state index contributed by atoms with van der Waals surface area (Å²) in [6, 6.07) is 14.0. The fourth-order valence-corrected chi connectivity index (χ4v) is 5.89. The number of ether oxygens (including phenoxy) is 1. The van der Waals surface area contributed by atoms with Crippen molar-refractivity contribution >= 4 is 49.7 Å². The number of amides is 1. The molecule has 0 spiro atoms. The fourth-order valence-electron chi connectivity index (χ4n) is 3.31. The molecule has 1 aliphatic heterocycles. The number of methoxy groups -OCH3 is 1. The van der Waals surface area contributed by atoms with Gasteiger partial charge in [-0.25, -0.2) is 8.42 Å². The fraction of sp³-hybridized carbons (Fsp3) is 0.250. The number of piperazine rings is 1. The van der Waals surface area contributed by atoms with Crippen LogP contribution in [0, 0.1) is 0 Å². The van der Waals surface area contributed by atoms with Crippen molar-refractivity contribution in [2.45, 2.75) is 4.34 Å². The van der Waals surface area contributed by atoms with Crippen molar-refractivity contribution in [2.75, 3.05) is 43.5 Å². The van der Waals surface area contributed by atoms with Crippen molar-refractivity contribution < 1.29 is 17.9 Å². The minimum atomic E-state index is -3.82. The molecule has 0 atom stereocenters. The molecule has 3 aromatic rings. The van der Waals surface area contributed by atoms with Crippen LogP contribution in [0.2, 0.25) is 5.02 Å². The van der Waals surface area contributed by atoms with Crippen LogP contribution in [-0.2, 0) is 10.0 Å². The molecule has 32 heavy (non-hydrogen) atoms. The molecule has 1 fully saturated rings. The number of aromatic nitrogens is 2. The van der Waals surface area contributed by atoms with Gasteiger partial charge in [-0.2, -0.15) is 4.31 Å². The Bertz CT molecular complexity index is 1210. The smallest absolute Gasteiger partial charge is 0.272 e. The second-order valence-electron chi connectivity index (χ2n) is 6.90. The normalized spacial score (nSPS) is 14.9. The second-order valence-corrected chi connectivity index (χ2v) is 10.4. The number of nitrogens with one attached hydrogen (secondary N) is 1. The zero-order valence-corrected chi connectivity index (χ0v) is 19.5. The zero-order valence-electron chi connectivity index (χ0n) is 17.1. The number of nitrogens with zero attached hydrogens (tertiary/aromatic N) is 4. The Hall–Kier alpha value is -2.73. The van der Waals surface area contributed by atoms with Crippen LogP contribution < -0.4 is 15.0 Å². The van der Waals surface area contributed by atoms with Gasteiger partial charge in [0.15, 0.2) is 0 Å². The SMILES string of the molecule is COc1ccccc1N1CCN(S(=O)(=O)c2nnc(NC(=O)c3ccc(Cl)cc3)s2)CC1. The summed E-state index contributed by atoms with van der Waals surface area (Å²) >= 11 is 6.65. The summed E-state index contributed by atoms with van der Waals surface area (Å²) in [5, 5.41) is 10.8. The van der Waals surface area contributed by atoms with Crippen molar-refractivity contribution in [3.8, 4) is 5.75 Å². The summed E-state index contributed by atoms with van der Waals surface area (Å²) < 4.78 is 32.7. The first kappa shape index (κ1) is 22.5. The van der Waals surface area contributed by atoms with E-state index in [0.29, 0.717) is 36.8 Å². The summed E-state index contributed by atoms with van der Waals surface area (Å²) in [6.07, 6.45) is 0. The summed E-state index contributed by atoms with van der Waals surface area (Å²) in [5.74, 6) is 0.321. The maximum absolute atomic E-state index is 13.0. The van der Waals surface area contributed by atoms with Gasteiger partial charge in [0.2, 0.25) is 9.47 Å². The molecule has 9 nitrogen and oxygen atoms in total. The van der Waals surface area contributed by atoms with E-state index in [-0.39, 0.29) is 9.47 Å². The third-order valence-corrected chi connectivity index (χ3v) is 8.29. The lowest BCUT2D eigenvalue weighted by atomic mass is 10.2. The van der Waals surface area contributed by atoms with E-state index >= 15 is 0 Å². The highest BCUT2D eigenvalue weighted by molar-refractivity contribution is 7.91. The van der Waals surface area contributed by atoms with Crippen molar-refractivity contribution in [2.24, 2.45) is 0 Å². The summed E-state index contributed by atoms with van der Waals surface area (Å²) in [6.45, 7) is 1.62. The van der Waals surface area contributed by atoms with Crippen molar-refractivity contribution in [1.29, 1.82) is 0 Å². The predicted octanol–water partition coefficient (Wildman–Crippen LogP) is 2.96. The van der Waals surface area contributed by atoms with Gasteiger partial charge in [-0.1, -0.05) is 35.1 Å². The van der Waals surface area contributed by atoms with E-state index in [0.717, 1.165) is 22.8 Å². The topological polar surface area (TPSA) is 105 Å². The molecule has 0 radical (unpaired) electrons. The average molecular weight is 494 g/mol. The lowest BCUT2D eigenvalue weighted by molar-refractivity contribution is 0.102. The van der Waals surface area contributed by atoms with Crippen molar-refractivity contribution in [1.82, 2.24) is 14.5 Å². The molecule has 1 saturated heterocycles. The van der Waals surface area contributed by atoms with Gasteiger partial charge in [-0.05, 0) is 36.4 Å². The molecule has 168 valence electrons. The first-order valence-corrected chi connectivity index (χ1v) is 12.3. The Morgan fingerprint density at radius 3 is 2.44 bits per heavy atom. The molecule has 1 amide bonds. The highest BCUT2D eigenvalue weighted by Crippen LogP contribution is 2.30. The Morgan fingerprint density at radius 2 is 1.75 bits per heavy atom. The van der Waals surface area contributed by atoms with Crippen molar-refractivity contribution in [3.05, 3.63) is 59.1 Å². The highest BCUT2D eigenvalue weighted by Gasteiger charge is 2.32.